The van der Waals surface area contributed by atoms with Crippen LogP contribution in [0, 0.1) is 5.41 Å². The predicted molar refractivity (Wildman–Crippen MR) is 109 cm³/mol. The second-order valence-corrected chi connectivity index (χ2v) is 8.25. The molecule has 2 aliphatic rings. The molecule has 0 bridgehead atoms. The Morgan fingerprint density at radius 2 is 1.96 bits per heavy atom. The van der Waals surface area contributed by atoms with Crippen LogP contribution in [0.15, 0.2) is 42.7 Å². The number of anilines is 1. The molecule has 28 heavy (non-hydrogen) atoms. The molecule has 2 aliphatic heterocycles. The third kappa shape index (κ3) is 4.33. The maximum Gasteiger partial charge on any atom is 0.222 e. The summed E-state index contributed by atoms with van der Waals surface area (Å²) < 4.78 is 0. The molecule has 6 nitrogen and oxygen atoms in total. The van der Waals surface area contributed by atoms with Crippen LogP contribution in [-0.4, -0.2) is 51.9 Å². The highest BCUT2D eigenvalue weighted by Crippen LogP contribution is 2.39. The van der Waals surface area contributed by atoms with Crippen LogP contribution in [0.2, 0.25) is 0 Å². The molecule has 148 valence electrons. The molecule has 1 amide bonds. The summed E-state index contributed by atoms with van der Waals surface area (Å²) in [6.45, 7) is 4.56. The number of piperidine rings is 2. The average Bonchev–Trinajstić information content (AvgIpc) is 2.72. The van der Waals surface area contributed by atoms with E-state index in [2.05, 4.69) is 25.8 Å². The number of nitrogens with zero attached hydrogens (tertiary/aromatic N) is 4. The highest BCUT2D eigenvalue weighted by molar-refractivity contribution is 5.77. The Bertz CT molecular complexity index is 812. The number of carbonyl (C=O) groups excluding carboxylic acids is 1. The highest BCUT2D eigenvalue weighted by Gasteiger charge is 2.41. The van der Waals surface area contributed by atoms with Gasteiger partial charge < -0.3 is 10.6 Å². The van der Waals surface area contributed by atoms with Gasteiger partial charge in [-0.15, -0.1) is 0 Å². The number of carbonyl (C=O) groups is 1. The Balaban J connectivity index is 1.40. The van der Waals surface area contributed by atoms with Gasteiger partial charge in [-0.2, -0.15) is 0 Å². The summed E-state index contributed by atoms with van der Waals surface area (Å²) in [5.74, 6) is 0.910. The maximum absolute atomic E-state index is 12.5. The number of aromatic nitrogens is 2. The fourth-order valence-electron chi connectivity index (χ4n) is 4.71. The number of likely N-dealkylation sites (tertiary alicyclic amines) is 2. The van der Waals surface area contributed by atoms with Gasteiger partial charge in [-0.1, -0.05) is 12.1 Å². The molecule has 2 saturated heterocycles. The fourth-order valence-corrected chi connectivity index (χ4v) is 4.71. The quantitative estimate of drug-likeness (QED) is 0.864. The van der Waals surface area contributed by atoms with Gasteiger partial charge in [-0.3, -0.25) is 14.7 Å². The smallest absolute Gasteiger partial charge is 0.222 e. The minimum atomic E-state index is 0.202. The number of hydrogen-bond donors (Lipinski definition) is 1. The van der Waals surface area contributed by atoms with E-state index in [0.717, 1.165) is 56.8 Å². The van der Waals surface area contributed by atoms with E-state index in [9.17, 15) is 4.79 Å². The monoisotopic (exact) mass is 379 g/mol. The van der Waals surface area contributed by atoms with Crippen molar-refractivity contribution in [2.24, 2.45) is 5.41 Å². The van der Waals surface area contributed by atoms with E-state index in [1.165, 1.54) is 12.8 Å². The lowest BCUT2D eigenvalue weighted by atomic mass is 9.73. The van der Waals surface area contributed by atoms with E-state index >= 15 is 0 Å². The van der Waals surface area contributed by atoms with Crippen LogP contribution in [0.1, 0.15) is 36.9 Å². The molecule has 0 aromatic carbocycles. The molecule has 6 heteroatoms. The second-order valence-electron chi connectivity index (χ2n) is 8.25. The third-order valence-corrected chi connectivity index (χ3v) is 6.17. The van der Waals surface area contributed by atoms with Gasteiger partial charge >= 0.3 is 0 Å². The van der Waals surface area contributed by atoms with E-state index < -0.39 is 0 Å². The molecule has 0 saturated carbocycles. The van der Waals surface area contributed by atoms with E-state index in [4.69, 9.17) is 5.73 Å². The van der Waals surface area contributed by atoms with Gasteiger partial charge in [0.15, 0.2) is 0 Å². The fraction of sp³-hybridized carbons (Fsp3) is 0.500. The average molecular weight is 380 g/mol. The first-order valence-corrected chi connectivity index (χ1v) is 10.2. The molecule has 2 N–H and O–H groups in total. The Kier molecular flexibility index (Phi) is 5.57. The van der Waals surface area contributed by atoms with Crippen LogP contribution in [0.25, 0.3) is 0 Å². The summed E-state index contributed by atoms with van der Waals surface area (Å²) in [5.41, 5.74) is 8.39. The van der Waals surface area contributed by atoms with Gasteiger partial charge in [-0.25, -0.2) is 4.98 Å². The predicted octanol–water partition coefficient (Wildman–Crippen LogP) is 2.51. The third-order valence-electron chi connectivity index (χ3n) is 6.17. The van der Waals surface area contributed by atoms with Crippen molar-refractivity contribution in [1.29, 1.82) is 0 Å². The SMILES string of the molecule is Nc1ncccc1CN1CCCC2(CCC(=O)N(CCc3ccccn3)C2)C1. The highest BCUT2D eigenvalue weighted by atomic mass is 16.2. The molecule has 2 fully saturated rings. The topological polar surface area (TPSA) is 75.3 Å². The van der Waals surface area contributed by atoms with Crippen LogP contribution in [0.3, 0.4) is 0 Å². The number of pyridine rings is 2. The van der Waals surface area contributed by atoms with Crippen molar-refractivity contribution in [2.75, 3.05) is 31.9 Å². The van der Waals surface area contributed by atoms with Crippen molar-refractivity contribution in [3.8, 4) is 0 Å². The van der Waals surface area contributed by atoms with Crippen LogP contribution in [-0.2, 0) is 17.8 Å². The van der Waals surface area contributed by atoms with Crippen molar-refractivity contribution in [1.82, 2.24) is 19.8 Å². The van der Waals surface area contributed by atoms with Gasteiger partial charge in [0, 0.05) is 68.1 Å². The lowest BCUT2D eigenvalue weighted by Crippen LogP contribution is -2.54. The Morgan fingerprint density at radius 3 is 2.79 bits per heavy atom. The van der Waals surface area contributed by atoms with Gasteiger partial charge in [0.25, 0.3) is 0 Å². The zero-order valence-corrected chi connectivity index (χ0v) is 16.4. The van der Waals surface area contributed by atoms with Gasteiger partial charge in [0.05, 0.1) is 0 Å². The Morgan fingerprint density at radius 1 is 1.07 bits per heavy atom. The summed E-state index contributed by atoms with van der Waals surface area (Å²) in [7, 11) is 0. The molecule has 1 atom stereocenters. The van der Waals surface area contributed by atoms with Crippen molar-refractivity contribution >= 4 is 11.7 Å². The van der Waals surface area contributed by atoms with Crippen molar-refractivity contribution < 1.29 is 4.79 Å². The molecular formula is C22H29N5O. The van der Waals surface area contributed by atoms with Gasteiger partial charge in [0.2, 0.25) is 5.91 Å². The molecule has 2 aromatic heterocycles. The summed E-state index contributed by atoms with van der Waals surface area (Å²) in [6.07, 6.45) is 8.39. The van der Waals surface area contributed by atoms with Gasteiger partial charge in [0.1, 0.15) is 5.82 Å². The zero-order chi connectivity index (χ0) is 19.4. The number of nitrogen functional groups attached to an aromatic ring is 1. The number of rotatable bonds is 5. The molecule has 1 spiro atoms. The molecule has 4 rings (SSSR count). The minimum Gasteiger partial charge on any atom is -0.383 e. The van der Waals surface area contributed by atoms with Crippen molar-refractivity contribution in [3.05, 3.63) is 54.0 Å². The first-order valence-electron chi connectivity index (χ1n) is 10.2. The molecule has 1 unspecified atom stereocenters. The van der Waals surface area contributed by atoms with Crippen molar-refractivity contribution in [2.45, 2.75) is 38.6 Å². The number of nitrogens with two attached hydrogens (primary N) is 1. The lowest BCUT2D eigenvalue weighted by molar-refractivity contribution is -0.139. The first-order chi connectivity index (χ1) is 13.6. The first kappa shape index (κ1) is 18.9. The lowest BCUT2D eigenvalue weighted by Gasteiger charge is -2.48. The van der Waals surface area contributed by atoms with Crippen LogP contribution < -0.4 is 5.73 Å². The van der Waals surface area contributed by atoms with E-state index in [-0.39, 0.29) is 11.3 Å². The molecule has 2 aromatic rings. The second kappa shape index (κ2) is 8.27. The molecule has 0 radical (unpaired) electrons. The zero-order valence-electron chi connectivity index (χ0n) is 16.4. The molecule has 0 aliphatic carbocycles. The summed E-state index contributed by atoms with van der Waals surface area (Å²) in [4.78, 5) is 25.7. The van der Waals surface area contributed by atoms with Crippen LogP contribution >= 0.6 is 0 Å². The summed E-state index contributed by atoms with van der Waals surface area (Å²) in [5, 5.41) is 0. The van der Waals surface area contributed by atoms with Crippen molar-refractivity contribution in [3.63, 3.8) is 0 Å². The molecule has 4 heterocycles. The van der Waals surface area contributed by atoms with Gasteiger partial charge in [-0.05, 0) is 44.0 Å². The molecular weight excluding hydrogens is 350 g/mol. The largest absolute Gasteiger partial charge is 0.383 e. The maximum atomic E-state index is 12.5. The number of hydrogen-bond acceptors (Lipinski definition) is 5. The van der Waals surface area contributed by atoms with Crippen LogP contribution in [0.4, 0.5) is 5.82 Å². The van der Waals surface area contributed by atoms with E-state index in [0.29, 0.717) is 12.2 Å². The normalized spacial score (nSPS) is 23.3. The standard InChI is InChI=1S/C22H29N5O/c23-21-18(5-3-12-25-21)15-26-13-4-9-22(16-26)10-7-20(28)27(17-22)14-8-19-6-1-2-11-24-19/h1-3,5-6,11-12H,4,7-10,13-17H2,(H2,23,25). The Labute approximate surface area is 166 Å². The minimum absolute atomic E-state index is 0.202. The number of amides is 1. The van der Waals surface area contributed by atoms with Crippen LogP contribution in [0.5, 0.6) is 0 Å². The summed E-state index contributed by atoms with van der Waals surface area (Å²) >= 11 is 0. The Hall–Kier alpha value is -2.47. The van der Waals surface area contributed by atoms with E-state index in [1.807, 2.05) is 30.5 Å². The van der Waals surface area contributed by atoms with E-state index in [1.54, 1.807) is 6.20 Å². The summed E-state index contributed by atoms with van der Waals surface area (Å²) in [6, 6.07) is 9.98.